The Morgan fingerprint density at radius 3 is 2.61 bits per heavy atom. The number of hydrogen-bond acceptors (Lipinski definition) is 4. The number of anilines is 1. The van der Waals surface area contributed by atoms with Crippen LogP contribution in [0.4, 0.5) is 5.69 Å². The van der Waals surface area contributed by atoms with Crippen LogP contribution >= 0.6 is 0 Å². The predicted molar refractivity (Wildman–Crippen MR) is 123 cm³/mol. The molecule has 0 aliphatic carbocycles. The van der Waals surface area contributed by atoms with Crippen LogP contribution in [0.2, 0.25) is 0 Å². The van der Waals surface area contributed by atoms with Gasteiger partial charge in [-0.05, 0) is 47.9 Å². The van der Waals surface area contributed by atoms with Crippen molar-refractivity contribution >= 4 is 23.6 Å². The molecule has 0 fully saturated rings. The van der Waals surface area contributed by atoms with Crippen molar-refractivity contribution < 1.29 is 19.1 Å². The van der Waals surface area contributed by atoms with Gasteiger partial charge in [0.2, 0.25) is 5.91 Å². The molecule has 0 aliphatic heterocycles. The largest absolute Gasteiger partial charge is 0.493 e. The van der Waals surface area contributed by atoms with Crippen LogP contribution in [-0.4, -0.2) is 39.1 Å². The predicted octanol–water partition coefficient (Wildman–Crippen LogP) is 3.50. The van der Waals surface area contributed by atoms with Crippen LogP contribution in [0.15, 0.2) is 48.5 Å². The number of likely N-dealkylation sites (N-methyl/N-ethyl adjacent to an activating group) is 1. The van der Waals surface area contributed by atoms with E-state index in [1.54, 1.807) is 43.5 Å². The lowest BCUT2D eigenvalue weighted by Crippen LogP contribution is -2.39. The molecule has 0 heterocycles. The molecule has 0 atom stereocenters. The zero-order valence-electron chi connectivity index (χ0n) is 18.3. The van der Waals surface area contributed by atoms with Gasteiger partial charge in [0.1, 0.15) is 6.54 Å². The van der Waals surface area contributed by atoms with Crippen molar-refractivity contribution in [2.75, 3.05) is 32.2 Å². The second-order valence-electron chi connectivity index (χ2n) is 7.24. The topological polar surface area (TPSA) is 67.9 Å². The van der Waals surface area contributed by atoms with E-state index in [1.165, 1.54) is 18.0 Å². The van der Waals surface area contributed by atoms with Gasteiger partial charge in [0.15, 0.2) is 11.5 Å². The summed E-state index contributed by atoms with van der Waals surface area (Å²) in [5.74, 6) is 3.52. The van der Waals surface area contributed by atoms with E-state index in [9.17, 15) is 9.59 Å². The number of rotatable bonds is 9. The zero-order valence-corrected chi connectivity index (χ0v) is 18.3. The lowest BCUT2D eigenvalue weighted by molar-refractivity contribution is -0.121. The van der Waals surface area contributed by atoms with Gasteiger partial charge in [0, 0.05) is 24.4 Å². The molecule has 0 saturated carbocycles. The normalized spacial score (nSPS) is 10.6. The molecule has 6 nitrogen and oxygen atoms in total. The van der Waals surface area contributed by atoms with Crippen molar-refractivity contribution in [3.05, 3.63) is 59.7 Å². The summed E-state index contributed by atoms with van der Waals surface area (Å²) in [4.78, 5) is 26.2. The van der Waals surface area contributed by atoms with E-state index in [2.05, 4.69) is 25.1 Å². The van der Waals surface area contributed by atoms with Crippen LogP contribution in [-0.2, 0) is 9.59 Å². The highest BCUT2D eigenvalue weighted by atomic mass is 16.5. The molecule has 2 aromatic rings. The van der Waals surface area contributed by atoms with Gasteiger partial charge in [0.05, 0.1) is 13.7 Å². The van der Waals surface area contributed by atoms with E-state index >= 15 is 0 Å². The fourth-order valence-corrected chi connectivity index (χ4v) is 2.70. The maximum Gasteiger partial charge on any atom is 0.251 e. The summed E-state index contributed by atoms with van der Waals surface area (Å²) >= 11 is 0. The summed E-state index contributed by atoms with van der Waals surface area (Å²) in [7, 11) is 3.09. The van der Waals surface area contributed by atoms with Crippen LogP contribution in [0, 0.1) is 18.3 Å². The smallest absolute Gasteiger partial charge is 0.251 e. The highest BCUT2D eigenvalue weighted by Gasteiger charge is 2.17. The number of amides is 2. The Balaban J connectivity index is 2.25. The number of carbonyl (C=O) groups is 2. The van der Waals surface area contributed by atoms with Crippen molar-refractivity contribution in [1.82, 2.24) is 5.32 Å². The third-order valence-electron chi connectivity index (χ3n) is 4.35. The third-order valence-corrected chi connectivity index (χ3v) is 4.35. The first-order valence-electron chi connectivity index (χ1n) is 9.95. The van der Waals surface area contributed by atoms with E-state index in [4.69, 9.17) is 15.9 Å². The van der Waals surface area contributed by atoms with Crippen molar-refractivity contribution in [1.29, 1.82) is 0 Å². The van der Waals surface area contributed by atoms with Crippen molar-refractivity contribution in [3.63, 3.8) is 0 Å². The first kappa shape index (κ1) is 23.6. The first-order chi connectivity index (χ1) is 14.9. The van der Waals surface area contributed by atoms with E-state index in [0.717, 1.165) is 5.56 Å². The summed E-state index contributed by atoms with van der Waals surface area (Å²) in [5, 5.41) is 2.54. The molecule has 0 aromatic heterocycles. The lowest BCUT2D eigenvalue weighted by Gasteiger charge is -2.20. The lowest BCUT2D eigenvalue weighted by atomic mass is 10.1. The molecule has 31 heavy (non-hydrogen) atoms. The van der Waals surface area contributed by atoms with Gasteiger partial charge in [-0.2, -0.15) is 0 Å². The number of nitrogens with zero attached hydrogens (tertiary/aromatic N) is 1. The number of ether oxygens (including phenoxy) is 2. The number of terminal acetylenes is 1. The first-order valence-corrected chi connectivity index (χ1v) is 9.95. The molecule has 6 heteroatoms. The van der Waals surface area contributed by atoms with Gasteiger partial charge in [0.25, 0.3) is 5.91 Å². The Morgan fingerprint density at radius 1 is 1.19 bits per heavy atom. The Kier molecular flexibility index (Phi) is 8.71. The molecular weight excluding hydrogens is 392 g/mol. The monoisotopic (exact) mass is 420 g/mol. The molecule has 0 bridgehead atoms. The van der Waals surface area contributed by atoms with Crippen LogP contribution in [0.3, 0.4) is 0 Å². The molecule has 1 N–H and O–H groups in total. The van der Waals surface area contributed by atoms with Crippen LogP contribution < -0.4 is 19.7 Å². The molecule has 162 valence electrons. The average Bonchev–Trinajstić information content (AvgIpc) is 2.79. The zero-order chi connectivity index (χ0) is 22.8. The summed E-state index contributed by atoms with van der Waals surface area (Å²) in [6, 6.07) is 12.4. The Bertz CT molecular complexity index is 989. The summed E-state index contributed by atoms with van der Waals surface area (Å²) < 4.78 is 11.2. The minimum Gasteiger partial charge on any atom is -0.493 e. The highest BCUT2D eigenvalue weighted by molar-refractivity contribution is 6.06. The van der Waals surface area contributed by atoms with Crippen molar-refractivity contribution in [2.24, 2.45) is 5.92 Å². The highest BCUT2D eigenvalue weighted by Crippen LogP contribution is 2.29. The number of benzene rings is 2. The summed E-state index contributed by atoms with van der Waals surface area (Å²) in [5.41, 5.74) is 1.93. The van der Waals surface area contributed by atoms with Gasteiger partial charge in [-0.3, -0.25) is 14.5 Å². The SMILES string of the molecule is C#Cc1cccc(N(CC(=O)NC)C(=O)/C=C/c2ccc(OCC(C)C)c(OC)c2)c1. The third kappa shape index (κ3) is 6.93. The van der Waals surface area contributed by atoms with E-state index < -0.39 is 0 Å². The molecule has 2 aromatic carbocycles. The molecule has 2 amide bonds. The fraction of sp³-hybridized carbons (Fsp3) is 0.280. The molecular formula is C25H28N2O4. The molecule has 0 saturated heterocycles. The number of nitrogens with one attached hydrogen (secondary N) is 1. The van der Waals surface area contributed by atoms with E-state index in [-0.39, 0.29) is 18.4 Å². The molecule has 2 rings (SSSR count). The second kappa shape index (κ2) is 11.5. The minimum atomic E-state index is -0.350. The van der Waals surface area contributed by atoms with E-state index in [0.29, 0.717) is 35.3 Å². The number of carbonyl (C=O) groups excluding carboxylic acids is 2. The van der Waals surface area contributed by atoms with Gasteiger partial charge in [-0.1, -0.05) is 31.9 Å². The van der Waals surface area contributed by atoms with Gasteiger partial charge < -0.3 is 14.8 Å². The number of hydrogen-bond donors (Lipinski definition) is 1. The number of methoxy groups -OCH3 is 1. The maximum absolute atomic E-state index is 12.9. The Hall–Kier alpha value is -3.72. The van der Waals surface area contributed by atoms with Crippen LogP contribution in [0.1, 0.15) is 25.0 Å². The van der Waals surface area contributed by atoms with Gasteiger partial charge >= 0.3 is 0 Å². The van der Waals surface area contributed by atoms with Gasteiger partial charge in [-0.25, -0.2) is 0 Å². The van der Waals surface area contributed by atoms with Crippen molar-refractivity contribution in [3.8, 4) is 23.8 Å². The minimum absolute atomic E-state index is 0.126. The Morgan fingerprint density at radius 2 is 1.97 bits per heavy atom. The summed E-state index contributed by atoms with van der Waals surface area (Å²) in [6.45, 7) is 4.59. The standard InChI is InChI=1S/C25H28N2O4/c1-6-19-8-7-9-21(14-19)27(16-24(28)26-4)25(29)13-11-20-10-12-22(23(15-20)30-5)31-17-18(2)3/h1,7-15,18H,16-17H2,2-5H3,(H,26,28)/b13-11+. The average molecular weight is 421 g/mol. The van der Waals surface area contributed by atoms with Crippen LogP contribution in [0.25, 0.3) is 6.08 Å². The fourth-order valence-electron chi connectivity index (χ4n) is 2.70. The summed E-state index contributed by atoms with van der Waals surface area (Å²) in [6.07, 6.45) is 8.54. The van der Waals surface area contributed by atoms with Crippen molar-refractivity contribution in [2.45, 2.75) is 13.8 Å². The molecule has 0 spiro atoms. The van der Waals surface area contributed by atoms with Gasteiger partial charge in [-0.15, -0.1) is 6.42 Å². The van der Waals surface area contributed by atoms with E-state index in [1.807, 2.05) is 12.1 Å². The maximum atomic E-state index is 12.9. The quantitative estimate of drug-likeness (QED) is 0.498. The second-order valence-corrected chi connectivity index (χ2v) is 7.24. The molecule has 0 radical (unpaired) electrons. The molecule has 0 unspecified atom stereocenters. The van der Waals surface area contributed by atoms with Crippen LogP contribution in [0.5, 0.6) is 11.5 Å². The molecule has 0 aliphatic rings. The Labute approximate surface area is 183 Å².